The van der Waals surface area contributed by atoms with Gasteiger partial charge < -0.3 is 5.73 Å². The quantitative estimate of drug-likeness (QED) is 0.477. The van der Waals surface area contributed by atoms with Crippen LogP contribution in [0.3, 0.4) is 0 Å². The van der Waals surface area contributed by atoms with Gasteiger partial charge in [-0.2, -0.15) is 0 Å². The average Bonchev–Trinajstić information content (AvgIpc) is 1.35. The Kier molecular flexibility index (Phi) is 2.54. The molecule has 0 aliphatic carbocycles. The Bertz CT molecular complexity index is 54.8. The van der Waals surface area contributed by atoms with Crippen LogP contribution in [0.5, 0.6) is 0 Å². The van der Waals surface area contributed by atoms with Gasteiger partial charge in [0.25, 0.3) is 0 Å². The minimum Gasteiger partial charge on any atom is -0.379 e. The van der Waals surface area contributed by atoms with Gasteiger partial charge in [0.2, 0.25) is 7.28 Å². The van der Waals surface area contributed by atoms with Gasteiger partial charge in [0.15, 0.2) is 5.81 Å². The van der Waals surface area contributed by atoms with Crippen molar-refractivity contribution < 1.29 is 4.79 Å². The predicted molar refractivity (Wildman–Crippen MR) is 25.8 cm³/mol. The summed E-state index contributed by atoms with van der Waals surface area (Å²) in [6.07, 6.45) is 0.731. The van der Waals surface area contributed by atoms with Crippen molar-refractivity contribution in [1.29, 1.82) is 0 Å². The van der Waals surface area contributed by atoms with Crippen molar-refractivity contribution in [3.8, 4) is 0 Å². The minimum absolute atomic E-state index is 0.336. The first kappa shape index (κ1) is 5.53. The molecule has 33 valence electrons. The highest BCUT2D eigenvalue weighted by molar-refractivity contribution is 6.73. The minimum atomic E-state index is -0.336. The Morgan fingerprint density at radius 1 is 2.00 bits per heavy atom. The van der Waals surface area contributed by atoms with E-state index in [0.717, 1.165) is 6.32 Å². The van der Waals surface area contributed by atoms with E-state index in [1.54, 1.807) is 0 Å². The maximum atomic E-state index is 9.77. The molecule has 1 amide bonds. The zero-order valence-corrected chi connectivity index (χ0v) is 3.77. The number of rotatable bonds is 2. The molecule has 0 rings (SSSR count). The van der Waals surface area contributed by atoms with Crippen molar-refractivity contribution in [3.63, 3.8) is 0 Å². The van der Waals surface area contributed by atoms with Crippen molar-refractivity contribution in [3.05, 3.63) is 0 Å². The fourth-order valence-electron chi connectivity index (χ4n) is 0.201. The van der Waals surface area contributed by atoms with Crippen LogP contribution in [0.25, 0.3) is 0 Å². The monoisotopic (exact) mass is 84.1 g/mol. The summed E-state index contributed by atoms with van der Waals surface area (Å²) >= 11 is 0. The lowest BCUT2D eigenvalue weighted by atomic mass is 9.75. The van der Waals surface area contributed by atoms with Crippen LogP contribution in [0.1, 0.15) is 6.92 Å². The molecule has 0 fully saturated rings. The van der Waals surface area contributed by atoms with E-state index in [2.05, 4.69) is 0 Å². The third-order valence-corrected chi connectivity index (χ3v) is 0.405. The molecule has 2 nitrogen and oxygen atoms in total. The molecular formula is C3H7BNO. The molecule has 0 aliphatic rings. The van der Waals surface area contributed by atoms with Crippen molar-refractivity contribution >= 4 is 13.1 Å². The summed E-state index contributed by atoms with van der Waals surface area (Å²) in [5, 5.41) is 0. The van der Waals surface area contributed by atoms with Crippen LogP contribution < -0.4 is 5.73 Å². The second-order valence-electron chi connectivity index (χ2n) is 1.01. The molecule has 0 aromatic carbocycles. The highest BCUT2D eigenvalue weighted by atomic mass is 16.1. The number of amides is 1. The molecule has 0 saturated heterocycles. The molecule has 0 aliphatic heterocycles. The molecule has 0 unspecified atom stereocenters. The van der Waals surface area contributed by atoms with Gasteiger partial charge >= 0.3 is 0 Å². The van der Waals surface area contributed by atoms with Gasteiger partial charge in [-0.3, -0.25) is 4.79 Å². The van der Waals surface area contributed by atoms with E-state index in [1.807, 2.05) is 6.92 Å². The zero-order chi connectivity index (χ0) is 4.99. The molecule has 0 spiro atoms. The second kappa shape index (κ2) is 2.76. The van der Waals surface area contributed by atoms with Gasteiger partial charge in [-0.15, -0.1) is 0 Å². The maximum Gasteiger partial charge on any atom is 0.232 e. The Morgan fingerprint density at radius 3 is 2.50 bits per heavy atom. The molecule has 0 aromatic rings. The lowest BCUT2D eigenvalue weighted by Gasteiger charge is -1.78. The fraction of sp³-hybridized carbons (Fsp3) is 0.667. The Morgan fingerprint density at radius 2 is 2.50 bits per heavy atom. The fourth-order valence-corrected chi connectivity index (χ4v) is 0.201. The molecule has 0 atom stereocenters. The van der Waals surface area contributed by atoms with Crippen LogP contribution in [0.4, 0.5) is 4.79 Å². The Labute approximate surface area is 38.0 Å². The van der Waals surface area contributed by atoms with Crippen molar-refractivity contribution in [2.24, 2.45) is 5.73 Å². The van der Waals surface area contributed by atoms with Crippen LogP contribution >= 0.6 is 0 Å². The predicted octanol–water partition coefficient (Wildman–Crippen LogP) is 0.208. The standard InChI is InChI=1S/C3H7BNO/c1-2-4-3(5)6/h2H2,1H3,(H2,5,6). The highest BCUT2D eigenvalue weighted by Crippen LogP contribution is 1.69. The number of carbonyl (C=O) groups excluding carboxylic acids is 1. The number of nitrogens with two attached hydrogens (primary N) is 1. The van der Waals surface area contributed by atoms with Crippen molar-refractivity contribution in [1.82, 2.24) is 0 Å². The summed E-state index contributed by atoms with van der Waals surface area (Å²) in [6, 6.07) is 0. The van der Waals surface area contributed by atoms with Gasteiger partial charge in [-0.1, -0.05) is 13.2 Å². The summed E-state index contributed by atoms with van der Waals surface area (Å²) in [5.41, 5.74) is 4.71. The summed E-state index contributed by atoms with van der Waals surface area (Å²) in [5.74, 6) is -0.336. The van der Waals surface area contributed by atoms with E-state index < -0.39 is 0 Å². The third-order valence-electron chi connectivity index (χ3n) is 0.405. The van der Waals surface area contributed by atoms with Crippen LogP contribution in [-0.4, -0.2) is 13.1 Å². The molecule has 0 saturated carbocycles. The maximum absolute atomic E-state index is 9.77. The van der Waals surface area contributed by atoms with Gasteiger partial charge in [-0.25, -0.2) is 0 Å². The molecule has 2 N–H and O–H groups in total. The molecule has 6 heavy (non-hydrogen) atoms. The van der Waals surface area contributed by atoms with E-state index in [9.17, 15) is 4.79 Å². The van der Waals surface area contributed by atoms with E-state index >= 15 is 0 Å². The number of hydrogen-bond acceptors (Lipinski definition) is 1. The molecule has 0 heterocycles. The first-order valence-electron chi connectivity index (χ1n) is 1.90. The first-order chi connectivity index (χ1) is 2.77. The molecule has 0 bridgehead atoms. The van der Waals surface area contributed by atoms with Gasteiger partial charge in [0.1, 0.15) is 0 Å². The molecular weight excluding hydrogens is 76.9 g/mol. The van der Waals surface area contributed by atoms with Gasteiger partial charge in [-0.05, 0) is 0 Å². The SMILES string of the molecule is CC[B]C(N)=O. The summed E-state index contributed by atoms with van der Waals surface area (Å²) in [4.78, 5) is 9.77. The first-order valence-corrected chi connectivity index (χ1v) is 1.90. The average molecular weight is 83.9 g/mol. The summed E-state index contributed by atoms with van der Waals surface area (Å²) < 4.78 is 0. The molecule has 3 heteroatoms. The van der Waals surface area contributed by atoms with Crippen LogP contribution in [0.2, 0.25) is 6.32 Å². The molecule has 0 aromatic heterocycles. The number of primary amides is 1. The smallest absolute Gasteiger partial charge is 0.232 e. The van der Waals surface area contributed by atoms with E-state index in [0.29, 0.717) is 0 Å². The van der Waals surface area contributed by atoms with Crippen LogP contribution in [0, 0.1) is 0 Å². The van der Waals surface area contributed by atoms with Gasteiger partial charge in [0, 0.05) is 0 Å². The van der Waals surface area contributed by atoms with Crippen molar-refractivity contribution in [2.45, 2.75) is 13.2 Å². The lowest BCUT2D eigenvalue weighted by Crippen LogP contribution is -2.15. The van der Waals surface area contributed by atoms with Gasteiger partial charge in [0.05, 0.1) is 0 Å². The van der Waals surface area contributed by atoms with Crippen molar-refractivity contribution in [2.75, 3.05) is 0 Å². The zero-order valence-electron chi connectivity index (χ0n) is 3.77. The van der Waals surface area contributed by atoms with E-state index in [-0.39, 0.29) is 5.81 Å². The van der Waals surface area contributed by atoms with Crippen LogP contribution in [-0.2, 0) is 0 Å². The Balaban J connectivity index is 2.83. The highest BCUT2D eigenvalue weighted by Gasteiger charge is 1.88. The normalized spacial score (nSPS) is 7.50. The Hall–Kier alpha value is -0.465. The third kappa shape index (κ3) is 3.53. The number of carbonyl (C=O) groups is 1. The summed E-state index contributed by atoms with van der Waals surface area (Å²) in [7, 11) is 1.43. The number of hydrogen-bond donors (Lipinski definition) is 1. The van der Waals surface area contributed by atoms with E-state index in [1.165, 1.54) is 7.28 Å². The molecule has 1 radical (unpaired) electrons. The second-order valence-corrected chi connectivity index (χ2v) is 1.01. The lowest BCUT2D eigenvalue weighted by molar-refractivity contribution is 0.265. The van der Waals surface area contributed by atoms with Crippen LogP contribution in [0.15, 0.2) is 0 Å². The largest absolute Gasteiger partial charge is 0.379 e. The summed E-state index contributed by atoms with van der Waals surface area (Å²) in [6.45, 7) is 1.87. The topological polar surface area (TPSA) is 43.1 Å². The van der Waals surface area contributed by atoms with E-state index in [4.69, 9.17) is 5.73 Å².